The lowest BCUT2D eigenvalue weighted by Gasteiger charge is -2.39. The smallest absolute Gasteiger partial charge is 0.321 e. The van der Waals surface area contributed by atoms with E-state index >= 15 is 0 Å². The molecule has 5 aromatic carbocycles. The van der Waals surface area contributed by atoms with E-state index in [9.17, 15) is 9.90 Å². The zero-order chi connectivity index (χ0) is 25.0. The van der Waals surface area contributed by atoms with Gasteiger partial charge in [0.25, 0.3) is 0 Å². The summed E-state index contributed by atoms with van der Waals surface area (Å²) in [6, 6.07) is 41.5. The Bertz CT molecular complexity index is 1370. The summed E-state index contributed by atoms with van der Waals surface area (Å²) in [6.45, 7) is 0. The first-order valence-corrected chi connectivity index (χ1v) is 12.7. The van der Waals surface area contributed by atoms with E-state index < -0.39 is 17.6 Å². The number of nitrogens with one attached hydrogen (secondary N) is 1. The van der Waals surface area contributed by atoms with Crippen LogP contribution in [0, 0.1) is 0 Å². The molecule has 0 radical (unpaired) electrons. The predicted octanol–water partition coefficient (Wildman–Crippen LogP) is 7.18. The molecule has 178 valence electrons. The highest BCUT2D eigenvalue weighted by atomic mass is 79.9. The Balaban J connectivity index is 1.68. The van der Waals surface area contributed by atoms with E-state index in [2.05, 4.69) is 57.6 Å². The Morgan fingerprint density at radius 3 is 1.58 bits per heavy atom. The fourth-order valence-corrected chi connectivity index (χ4v) is 5.48. The number of carbonyl (C=O) groups is 1. The Morgan fingerprint density at radius 1 is 0.667 bits per heavy atom. The minimum absolute atomic E-state index is 0.331. The number of fused-ring (bicyclic) bond motifs is 1. The number of hydrogen-bond donors (Lipinski definition) is 2. The van der Waals surface area contributed by atoms with Crippen LogP contribution in [0.15, 0.2) is 132 Å². The van der Waals surface area contributed by atoms with Gasteiger partial charge >= 0.3 is 5.97 Å². The highest BCUT2D eigenvalue weighted by molar-refractivity contribution is 9.10. The zero-order valence-corrected chi connectivity index (χ0v) is 21.2. The summed E-state index contributed by atoms with van der Waals surface area (Å²) in [5.74, 6) is -0.894. The lowest BCUT2D eigenvalue weighted by Crippen LogP contribution is -2.53. The van der Waals surface area contributed by atoms with Gasteiger partial charge in [-0.1, -0.05) is 137 Å². The van der Waals surface area contributed by atoms with Crippen LogP contribution in [0.3, 0.4) is 0 Å². The largest absolute Gasteiger partial charge is 0.480 e. The highest BCUT2D eigenvalue weighted by Crippen LogP contribution is 2.38. The monoisotopic (exact) mass is 535 g/mol. The molecule has 0 bridgehead atoms. The van der Waals surface area contributed by atoms with E-state index in [0.717, 1.165) is 37.5 Å². The van der Waals surface area contributed by atoms with E-state index in [1.54, 1.807) is 0 Å². The first-order chi connectivity index (χ1) is 17.6. The average molecular weight is 536 g/mol. The molecule has 0 aliphatic carbocycles. The van der Waals surface area contributed by atoms with Gasteiger partial charge in [-0.3, -0.25) is 10.1 Å². The normalized spacial score (nSPS) is 12.4. The predicted molar refractivity (Wildman–Crippen MR) is 149 cm³/mol. The molecule has 0 aliphatic rings. The fraction of sp³-hybridized carbons (Fsp3) is 0.0938. The first-order valence-electron chi connectivity index (χ1n) is 11.9. The second kappa shape index (κ2) is 10.5. The number of benzene rings is 5. The summed E-state index contributed by atoms with van der Waals surface area (Å²) in [4.78, 5) is 12.8. The third-order valence-corrected chi connectivity index (χ3v) is 7.39. The third-order valence-electron chi connectivity index (χ3n) is 6.69. The second-order valence-electron chi connectivity index (χ2n) is 8.84. The van der Waals surface area contributed by atoms with Crippen LogP contribution in [0.1, 0.15) is 22.3 Å². The number of halogens is 1. The quantitative estimate of drug-likeness (QED) is 0.207. The van der Waals surface area contributed by atoms with Gasteiger partial charge in [0.05, 0.1) is 5.54 Å². The molecule has 4 heteroatoms. The van der Waals surface area contributed by atoms with Crippen LogP contribution in [-0.4, -0.2) is 17.1 Å². The standard InChI is InChI=1S/C32H26BrNO2/c33-29-21-20-23(27-18-10-11-19-28(27)29)22-30(31(35)36)34-32(24-12-4-1-5-13-24,25-14-6-2-7-15-25)26-16-8-3-9-17-26/h1-21,30,34H,22H2,(H,35,36)/t30-/m0/s1. The molecule has 0 spiro atoms. The molecule has 3 nitrogen and oxygen atoms in total. The topological polar surface area (TPSA) is 49.3 Å². The van der Waals surface area contributed by atoms with E-state index in [4.69, 9.17) is 0 Å². The number of carboxylic acids is 1. The maximum absolute atomic E-state index is 12.8. The van der Waals surface area contributed by atoms with Crippen molar-refractivity contribution in [3.8, 4) is 0 Å². The molecule has 0 unspecified atom stereocenters. The lowest BCUT2D eigenvalue weighted by molar-refractivity contribution is -0.139. The summed E-state index contributed by atoms with van der Waals surface area (Å²) in [7, 11) is 0. The van der Waals surface area contributed by atoms with Crippen molar-refractivity contribution in [2.24, 2.45) is 0 Å². The number of carboxylic acid groups (broad SMARTS) is 1. The van der Waals surface area contributed by atoms with Gasteiger partial charge in [0.1, 0.15) is 6.04 Å². The highest BCUT2D eigenvalue weighted by Gasteiger charge is 2.39. The van der Waals surface area contributed by atoms with Crippen LogP contribution in [0.2, 0.25) is 0 Å². The van der Waals surface area contributed by atoms with Crippen molar-refractivity contribution in [2.75, 3.05) is 0 Å². The Kier molecular flexibility index (Phi) is 6.99. The molecule has 5 aromatic rings. The average Bonchev–Trinajstić information content (AvgIpc) is 2.94. The van der Waals surface area contributed by atoms with Crippen molar-refractivity contribution in [3.63, 3.8) is 0 Å². The molecule has 36 heavy (non-hydrogen) atoms. The van der Waals surface area contributed by atoms with Crippen LogP contribution in [0.5, 0.6) is 0 Å². The van der Waals surface area contributed by atoms with Crippen molar-refractivity contribution in [1.29, 1.82) is 0 Å². The maximum Gasteiger partial charge on any atom is 0.321 e. The Labute approximate surface area is 219 Å². The van der Waals surface area contributed by atoms with Crippen molar-refractivity contribution in [3.05, 3.63) is 154 Å². The van der Waals surface area contributed by atoms with E-state index in [0.29, 0.717) is 6.42 Å². The number of aliphatic carboxylic acids is 1. The number of rotatable bonds is 8. The molecule has 0 saturated carbocycles. The molecular weight excluding hydrogens is 510 g/mol. The lowest BCUT2D eigenvalue weighted by atomic mass is 9.76. The molecular formula is C32H26BrNO2. The van der Waals surface area contributed by atoms with Gasteiger partial charge < -0.3 is 5.11 Å². The summed E-state index contributed by atoms with van der Waals surface area (Å²) in [5.41, 5.74) is 3.06. The van der Waals surface area contributed by atoms with Gasteiger partial charge in [-0.25, -0.2) is 0 Å². The van der Waals surface area contributed by atoms with E-state index in [-0.39, 0.29) is 0 Å². The molecule has 0 aliphatic heterocycles. The van der Waals surface area contributed by atoms with Crippen LogP contribution in [0.25, 0.3) is 10.8 Å². The number of hydrogen-bond acceptors (Lipinski definition) is 2. The molecule has 0 amide bonds. The summed E-state index contributed by atoms with van der Waals surface area (Å²) < 4.78 is 0.994. The van der Waals surface area contributed by atoms with Crippen molar-refractivity contribution in [2.45, 2.75) is 18.0 Å². The summed E-state index contributed by atoms with van der Waals surface area (Å²) in [5, 5.41) is 16.2. The third kappa shape index (κ3) is 4.58. The molecule has 0 fully saturated rings. The Hall–Kier alpha value is -3.73. The summed E-state index contributed by atoms with van der Waals surface area (Å²) >= 11 is 3.63. The van der Waals surface area contributed by atoms with Gasteiger partial charge in [0, 0.05) is 4.47 Å². The Morgan fingerprint density at radius 2 is 1.11 bits per heavy atom. The van der Waals surface area contributed by atoms with Gasteiger partial charge in [-0.05, 0) is 45.5 Å². The van der Waals surface area contributed by atoms with E-state index in [1.807, 2.05) is 91.0 Å². The van der Waals surface area contributed by atoms with Crippen LogP contribution < -0.4 is 5.32 Å². The first kappa shape index (κ1) is 24.0. The molecule has 5 rings (SSSR count). The maximum atomic E-state index is 12.8. The zero-order valence-electron chi connectivity index (χ0n) is 19.6. The van der Waals surface area contributed by atoms with Gasteiger partial charge in [0.15, 0.2) is 0 Å². The SMILES string of the molecule is O=C(O)[C@H](Cc1ccc(Br)c2ccccc12)NC(c1ccccc1)(c1ccccc1)c1ccccc1. The second-order valence-corrected chi connectivity index (χ2v) is 9.69. The molecule has 1 atom stereocenters. The van der Waals surface area contributed by atoms with Gasteiger partial charge in [-0.15, -0.1) is 0 Å². The van der Waals surface area contributed by atoms with Gasteiger partial charge in [0.2, 0.25) is 0 Å². The van der Waals surface area contributed by atoms with Gasteiger partial charge in [-0.2, -0.15) is 0 Å². The van der Waals surface area contributed by atoms with E-state index in [1.165, 1.54) is 0 Å². The van der Waals surface area contributed by atoms with Crippen LogP contribution in [0.4, 0.5) is 0 Å². The molecule has 2 N–H and O–H groups in total. The molecule has 0 aromatic heterocycles. The van der Waals surface area contributed by atoms with Crippen LogP contribution >= 0.6 is 15.9 Å². The minimum atomic E-state index is -0.894. The molecule has 0 saturated heterocycles. The van der Waals surface area contributed by atoms with Crippen molar-refractivity contribution < 1.29 is 9.90 Å². The minimum Gasteiger partial charge on any atom is -0.480 e. The van der Waals surface area contributed by atoms with Crippen molar-refractivity contribution >= 4 is 32.7 Å². The molecule has 0 heterocycles. The van der Waals surface area contributed by atoms with Crippen LogP contribution in [-0.2, 0) is 16.8 Å². The summed E-state index contributed by atoms with van der Waals surface area (Å²) in [6.07, 6.45) is 0.331. The fourth-order valence-electron chi connectivity index (χ4n) is 5.00. The van der Waals surface area contributed by atoms with Crippen molar-refractivity contribution in [1.82, 2.24) is 5.32 Å².